The van der Waals surface area contributed by atoms with Crippen molar-refractivity contribution in [2.75, 3.05) is 6.61 Å². The van der Waals surface area contributed by atoms with Gasteiger partial charge in [-0.3, -0.25) is 0 Å². The molecule has 0 amide bonds. The van der Waals surface area contributed by atoms with Crippen molar-refractivity contribution in [3.63, 3.8) is 0 Å². The lowest BCUT2D eigenvalue weighted by Crippen LogP contribution is -2.38. The van der Waals surface area contributed by atoms with Crippen molar-refractivity contribution in [2.45, 2.75) is 26.6 Å². The normalized spacial score (nSPS) is 16.5. The summed E-state index contributed by atoms with van der Waals surface area (Å²) in [4.78, 5) is 10.3. The second-order valence-corrected chi connectivity index (χ2v) is 2.99. The second kappa shape index (κ2) is 3.69. The van der Waals surface area contributed by atoms with E-state index in [2.05, 4.69) is 0 Å². The lowest BCUT2D eigenvalue weighted by atomic mass is 10.2. The average Bonchev–Trinajstić information content (AvgIpc) is 1.84. The number of carboxylic acid groups (broad SMARTS) is 1. The second-order valence-electron chi connectivity index (χ2n) is 2.99. The van der Waals surface area contributed by atoms with Crippen molar-refractivity contribution >= 4 is 5.97 Å². The first-order chi connectivity index (χ1) is 4.86. The summed E-state index contributed by atoms with van der Waals surface area (Å²) in [6, 6.07) is 0. The third-order valence-electron chi connectivity index (χ3n) is 1.09. The summed E-state index contributed by atoms with van der Waals surface area (Å²) in [5, 5.41) is 17.4. The van der Waals surface area contributed by atoms with Gasteiger partial charge >= 0.3 is 5.97 Å². The van der Waals surface area contributed by atoms with Crippen molar-refractivity contribution in [2.24, 2.45) is 5.92 Å². The largest absolute Gasteiger partial charge is 0.477 e. The van der Waals surface area contributed by atoms with Crippen LogP contribution in [0.3, 0.4) is 0 Å². The molecule has 0 aliphatic rings. The topological polar surface area (TPSA) is 66.8 Å². The SMILES string of the molecule is CC(C)COC(C)(O)C(=O)O. The molecule has 0 heterocycles. The molecule has 1 atom stereocenters. The van der Waals surface area contributed by atoms with Gasteiger partial charge in [0.2, 0.25) is 0 Å². The fraction of sp³-hybridized carbons (Fsp3) is 0.857. The summed E-state index contributed by atoms with van der Waals surface area (Å²) in [7, 11) is 0. The molecule has 0 aromatic rings. The van der Waals surface area contributed by atoms with E-state index in [1.54, 1.807) is 0 Å². The maximum Gasteiger partial charge on any atom is 0.363 e. The van der Waals surface area contributed by atoms with Gasteiger partial charge < -0.3 is 14.9 Å². The molecule has 0 aliphatic carbocycles. The molecular weight excluding hydrogens is 148 g/mol. The van der Waals surface area contributed by atoms with E-state index in [1.807, 2.05) is 13.8 Å². The summed E-state index contributed by atoms with van der Waals surface area (Å²) in [5.74, 6) is -3.21. The molecule has 0 aromatic carbocycles. The number of hydrogen-bond acceptors (Lipinski definition) is 3. The first kappa shape index (κ1) is 10.4. The third kappa shape index (κ3) is 3.95. The van der Waals surface area contributed by atoms with Gasteiger partial charge in [0.15, 0.2) is 0 Å². The highest BCUT2D eigenvalue weighted by Crippen LogP contribution is 2.07. The zero-order valence-corrected chi connectivity index (χ0v) is 7.00. The molecule has 0 spiro atoms. The van der Waals surface area contributed by atoms with Gasteiger partial charge in [0.25, 0.3) is 5.79 Å². The minimum atomic E-state index is -2.05. The Labute approximate surface area is 65.8 Å². The molecule has 66 valence electrons. The summed E-state index contributed by atoms with van der Waals surface area (Å²) in [5.41, 5.74) is 0. The van der Waals surface area contributed by atoms with E-state index in [-0.39, 0.29) is 12.5 Å². The monoisotopic (exact) mass is 162 g/mol. The van der Waals surface area contributed by atoms with Gasteiger partial charge in [-0.1, -0.05) is 13.8 Å². The van der Waals surface area contributed by atoms with Crippen LogP contribution in [0.5, 0.6) is 0 Å². The van der Waals surface area contributed by atoms with Crippen LogP contribution >= 0.6 is 0 Å². The van der Waals surface area contributed by atoms with E-state index in [0.29, 0.717) is 0 Å². The predicted molar refractivity (Wildman–Crippen MR) is 39.0 cm³/mol. The van der Waals surface area contributed by atoms with Crippen LogP contribution in [-0.2, 0) is 9.53 Å². The van der Waals surface area contributed by atoms with Crippen molar-refractivity contribution in [1.82, 2.24) is 0 Å². The van der Waals surface area contributed by atoms with E-state index in [1.165, 1.54) is 0 Å². The summed E-state index contributed by atoms with van der Waals surface area (Å²) in [6.45, 7) is 5.09. The third-order valence-corrected chi connectivity index (χ3v) is 1.09. The maximum atomic E-state index is 10.3. The van der Waals surface area contributed by atoms with Crippen LogP contribution in [0.1, 0.15) is 20.8 Å². The van der Waals surface area contributed by atoms with Crippen LogP contribution in [-0.4, -0.2) is 28.6 Å². The van der Waals surface area contributed by atoms with Crippen molar-refractivity contribution in [3.05, 3.63) is 0 Å². The van der Waals surface area contributed by atoms with Gasteiger partial charge in [-0.2, -0.15) is 0 Å². The molecule has 4 heteroatoms. The molecular formula is C7H14O4. The number of aliphatic hydroxyl groups is 1. The van der Waals surface area contributed by atoms with Crippen LogP contribution in [0.15, 0.2) is 0 Å². The molecule has 0 saturated carbocycles. The lowest BCUT2D eigenvalue weighted by Gasteiger charge is -2.19. The maximum absolute atomic E-state index is 10.3. The average molecular weight is 162 g/mol. The van der Waals surface area contributed by atoms with Crippen LogP contribution < -0.4 is 0 Å². The Hall–Kier alpha value is -0.610. The lowest BCUT2D eigenvalue weighted by molar-refractivity contribution is -0.218. The highest BCUT2D eigenvalue weighted by atomic mass is 16.6. The van der Waals surface area contributed by atoms with Gasteiger partial charge in [-0.15, -0.1) is 0 Å². The van der Waals surface area contributed by atoms with Gasteiger partial charge in [-0.05, 0) is 5.92 Å². The Morgan fingerprint density at radius 2 is 2.09 bits per heavy atom. The van der Waals surface area contributed by atoms with Gasteiger partial charge in [0.05, 0.1) is 6.61 Å². The Kier molecular flexibility index (Phi) is 3.48. The first-order valence-electron chi connectivity index (χ1n) is 3.46. The van der Waals surface area contributed by atoms with Gasteiger partial charge in [0, 0.05) is 6.92 Å². The molecule has 2 N–H and O–H groups in total. The highest BCUT2D eigenvalue weighted by molar-refractivity contribution is 5.74. The minimum Gasteiger partial charge on any atom is -0.477 e. The van der Waals surface area contributed by atoms with Crippen LogP contribution in [0.25, 0.3) is 0 Å². The Morgan fingerprint density at radius 1 is 1.64 bits per heavy atom. The molecule has 11 heavy (non-hydrogen) atoms. The van der Waals surface area contributed by atoms with E-state index in [9.17, 15) is 4.79 Å². The van der Waals surface area contributed by atoms with Crippen LogP contribution in [0, 0.1) is 5.92 Å². The molecule has 1 unspecified atom stereocenters. The standard InChI is InChI=1S/C7H14O4/c1-5(2)4-11-7(3,10)6(8)9/h5,10H,4H2,1-3H3,(H,8,9). The summed E-state index contributed by atoms with van der Waals surface area (Å²) < 4.78 is 4.71. The van der Waals surface area contributed by atoms with E-state index in [0.717, 1.165) is 6.92 Å². The fourth-order valence-electron chi connectivity index (χ4n) is 0.391. The summed E-state index contributed by atoms with van der Waals surface area (Å²) in [6.07, 6.45) is 0. The molecule has 4 nitrogen and oxygen atoms in total. The predicted octanol–water partition coefficient (Wildman–Crippen LogP) is 0.452. The molecule has 0 radical (unpaired) electrons. The Morgan fingerprint density at radius 3 is 2.36 bits per heavy atom. The van der Waals surface area contributed by atoms with Crippen LogP contribution in [0.4, 0.5) is 0 Å². The van der Waals surface area contributed by atoms with Crippen LogP contribution in [0.2, 0.25) is 0 Å². The fourth-order valence-corrected chi connectivity index (χ4v) is 0.391. The first-order valence-corrected chi connectivity index (χ1v) is 3.46. The van der Waals surface area contributed by atoms with Crippen molar-refractivity contribution < 1.29 is 19.7 Å². The van der Waals surface area contributed by atoms with Gasteiger partial charge in [0.1, 0.15) is 0 Å². The highest BCUT2D eigenvalue weighted by Gasteiger charge is 2.30. The van der Waals surface area contributed by atoms with E-state index >= 15 is 0 Å². The zero-order valence-electron chi connectivity index (χ0n) is 7.00. The minimum absolute atomic E-state index is 0.209. The van der Waals surface area contributed by atoms with Crippen molar-refractivity contribution in [3.8, 4) is 0 Å². The molecule has 0 rings (SSSR count). The zero-order chi connectivity index (χ0) is 9.07. The number of hydrogen-bond donors (Lipinski definition) is 2. The van der Waals surface area contributed by atoms with Gasteiger partial charge in [-0.25, -0.2) is 4.79 Å². The number of aliphatic carboxylic acids is 1. The van der Waals surface area contributed by atoms with E-state index < -0.39 is 11.8 Å². The smallest absolute Gasteiger partial charge is 0.363 e. The number of carbonyl (C=O) groups is 1. The number of carboxylic acids is 1. The molecule has 0 fully saturated rings. The summed E-state index contributed by atoms with van der Waals surface area (Å²) >= 11 is 0. The number of ether oxygens (including phenoxy) is 1. The van der Waals surface area contributed by atoms with E-state index in [4.69, 9.17) is 14.9 Å². The number of rotatable bonds is 4. The quantitative estimate of drug-likeness (QED) is 0.589. The molecule has 0 bridgehead atoms. The molecule has 0 aromatic heterocycles. The van der Waals surface area contributed by atoms with Crippen molar-refractivity contribution in [1.29, 1.82) is 0 Å². The Balaban J connectivity index is 3.83. The Bertz CT molecular complexity index is 139. The molecule has 0 aliphatic heterocycles. The molecule has 0 saturated heterocycles.